The first-order chi connectivity index (χ1) is 10.5. The number of aromatic hydroxyl groups is 1. The van der Waals surface area contributed by atoms with E-state index in [4.69, 9.17) is 0 Å². The van der Waals surface area contributed by atoms with Gasteiger partial charge in [-0.1, -0.05) is 50.2 Å². The number of hydrogen-bond acceptors (Lipinski definition) is 3. The number of carbonyl (C=O) groups excluding carboxylic acids is 1. The lowest BCUT2D eigenvalue weighted by molar-refractivity contribution is 0.0952. The molecule has 0 bridgehead atoms. The minimum Gasteiger partial charge on any atom is -0.507 e. The molecule has 0 saturated carbocycles. The van der Waals surface area contributed by atoms with Gasteiger partial charge in [0, 0.05) is 0 Å². The smallest absolute Gasteiger partial charge is 0.275 e. The van der Waals surface area contributed by atoms with E-state index < -0.39 is 5.91 Å². The highest BCUT2D eigenvalue weighted by Crippen LogP contribution is 2.16. The number of nitrogens with one attached hydrogen (secondary N) is 1. The first-order valence-electron chi connectivity index (χ1n) is 7.22. The molecule has 22 heavy (non-hydrogen) atoms. The first kappa shape index (κ1) is 15.8. The monoisotopic (exact) mass is 296 g/mol. The second kappa shape index (κ2) is 6.89. The van der Waals surface area contributed by atoms with Crippen molar-refractivity contribution in [2.75, 3.05) is 0 Å². The van der Waals surface area contributed by atoms with Gasteiger partial charge in [-0.3, -0.25) is 4.79 Å². The Morgan fingerprint density at radius 3 is 2.32 bits per heavy atom. The number of nitrogens with zero attached hydrogens (tertiary/aromatic N) is 1. The summed E-state index contributed by atoms with van der Waals surface area (Å²) in [5.74, 6) is -0.0163. The predicted molar refractivity (Wildman–Crippen MR) is 88.3 cm³/mol. The van der Waals surface area contributed by atoms with E-state index >= 15 is 0 Å². The average Bonchev–Trinajstić information content (AvgIpc) is 2.52. The molecule has 0 aromatic heterocycles. The number of phenolic OH excluding ortho intramolecular Hbond substituents is 1. The lowest BCUT2D eigenvalue weighted by Crippen LogP contribution is -2.19. The van der Waals surface area contributed by atoms with Crippen molar-refractivity contribution in [2.45, 2.75) is 26.7 Å². The molecular formula is C18H20N2O2. The van der Waals surface area contributed by atoms with Crippen LogP contribution in [0.4, 0.5) is 0 Å². The zero-order valence-electron chi connectivity index (χ0n) is 13.0. The van der Waals surface area contributed by atoms with E-state index in [1.807, 2.05) is 19.1 Å². The molecule has 2 rings (SSSR count). The molecule has 0 radical (unpaired) electrons. The highest BCUT2D eigenvalue weighted by molar-refractivity contribution is 6.01. The van der Waals surface area contributed by atoms with Crippen LogP contribution in [0.15, 0.2) is 53.6 Å². The van der Waals surface area contributed by atoms with Crippen LogP contribution in [0.3, 0.4) is 0 Å². The summed E-state index contributed by atoms with van der Waals surface area (Å²) in [6.07, 6.45) is 0. The van der Waals surface area contributed by atoms with Crippen LogP contribution in [0.5, 0.6) is 5.75 Å². The summed E-state index contributed by atoms with van der Waals surface area (Å²) in [6.45, 7) is 6.11. The van der Waals surface area contributed by atoms with Crippen molar-refractivity contribution in [3.05, 3.63) is 65.2 Å². The Morgan fingerprint density at radius 2 is 1.73 bits per heavy atom. The number of rotatable bonds is 4. The van der Waals surface area contributed by atoms with Crippen molar-refractivity contribution in [3.63, 3.8) is 0 Å². The lowest BCUT2D eigenvalue weighted by Gasteiger charge is -2.07. The lowest BCUT2D eigenvalue weighted by atomic mass is 10.0. The van der Waals surface area contributed by atoms with Crippen LogP contribution in [0, 0.1) is 0 Å². The van der Waals surface area contributed by atoms with Crippen LogP contribution in [-0.4, -0.2) is 16.7 Å². The van der Waals surface area contributed by atoms with Crippen molar-refractivity contribution in [1.29, 1.82) is 0 Å². The van der Waals surface area contributed by atoms with Crippen molar-refractivity contribution in [2.24, 2.45) is 5.10 Å². The molecule has 1 amide bonds. The first-order valence-corrected chi connectivity index (χ1v) is 7.22. The molecule has 0 unspecified atom stereocenters. The van der Waals surface area contributed by atoms with Gasteiger partial charge in [0.05, 0.1) is 11.3 Å². The van der Waals surface area contributed by atoms with Gasteiger partial charge in [0.15, 0.2) is 0 Å². The number of carbonyl (C=O) groups is 1. The van der Waals surface area contributed by atoms with E-state index in [0.29, 0.717) is 11.6 Å². The normalized spacial score (nSPS) is 11.5. The molecule has 0 fully saturated rings. The van der Waals surface area contributed by atoms with Crippen molar-refractivity contribution < 1.29 is 9.90 Å². The molecule has 0 saturated heterocycles. The van der Waals surface area contributed by atoms with Crippen molar-refractivity contribution in [1.82, 2.24) is 5.43 Å². The molecule has 0 aliphatic carbocycles. The van der Waals surface area contributed by atoms with Crippen LogP contribution >= 0.6 is 0 Å². The third-order valence-electron chi connectivity index (χ3n) is 3.47. The average molecular weight is 296 g/mol. The molecule has 4 heteroatoms. The predicted octanol–water partition coefficient (Wildman–Crippen LogP) is 3.67. The summed E-state index contributed by atoms with van der Waals surface area (Å²) in [4.78, 5) is 12.0. The number of benzene rings is 2. The van der Waals surface area contributed by atoms with Gasteiger partial charge in [0.1, 0.15) is 5.75 Å². The van der Waals surface area contributed by atoms with Crippen LogP contribution in [0.1, 0.15) is 48.2 Å². The van der Waals surface area contributed by atoms with Gasteiger partial charge in [-0.15, -0.1) is 0 Å². The number of amides is 1. The van der Waals surface area contributed by atoms with Crippen LogP contribution in [-0.2, 0) is 0 Å². The van der Waals surface area contributed by atoms with Gasteiger partial charge in [-0.2, -0.15) is 5.10 Å². The van der Waals surface area contributed by atoms with E-state index in [2.05, 4.69) is 36.5 Å². The van der Waals surface area contributed by atoms with E-state index in [-0.39, 0.29) is 11.3 Å². The van der Waals surface area contributed by atoms with Gasteiger partial charge in [-0.05, 0) is 36.1 Å². The summed E-state index contributed by atoms with van der Waals surface area (Å²) >= 11 is 0. The minimum absolute atomic E-state index is 0.0610. The molecule has 2 aromatic carbocycles. The molecule has 2 N–H and O–H groups in total. The maximum Gasteiger partial charge on any atom is 0.275 e. The van der Waals surface area contributed by atoms with E-state index in [1.165, 1.54) is 11.6 Å². The number of phenols is 1. The molecule has 0 heterocycles. The molecule has 114 valence electrons. The highest BCUT2D eigenvalue weighted by Gasteiger charge is 2.09. The second-order valence-corrected chi connectivity index (χ2v) is 5.43. The van der Waals surface area contributed by atoms with Crippen molar-refractivity contribution >= 4 is 11.6 Å². The minimum atomic E-state index is -0.434. The van der Waals surface area contributed by atoms with Crippen LogP contribution in [0.2, 0.25) is 0 Å². The third kappa shape index (κ3) is 3.73. The largest absolute Gasteiger partial charge is 0.507 e. The van der Waals surface area contributed by atoms with E-state index in [1.54, 1.807) is 18.2 Å². The molecule has 0 atom stereocenters. The van der Waals surface area contributed by atoms with Gasteiger partial charge in [0.2, 0.25) is 0 Å². The Balaban J connectivity index is 2.09. The van der Waals surface area contributed by atoms with E-state index in [9.17, 15) is 9.90 Å². The molecule has 0 aliphatic heterocycles. The van der Waals surface area contributed by atoms with Crippen molar-refractivity contribution in [3.8, 4) is 5.75 Å². The Bertz CT molecular complexity index is 688. The zero-order chi connectivity index (χ0) is 16.1. The molecular weight excluding hydrogens is 276 g/mol. The van der Waals surface area contributed by atoms with Gasteiger partial charge >= 0.3 is 0 Å². The molecule has 2 aromatic rings. The topological polar surface area (TPSA) is 61.7 Å². The zero-order valence-corrected chi connectivity index (χ0v) is 13.0. The van der Waals surface area contributed by atoms with Crippen LogP contribution in [0.25, 0.3) is 0 Å². The molecule has 4 nitrogen and oxygen atoms in total. The number of hydrazone groups is 1. The Hall–Kier alpha value is -2.62. The van der Waals surface area contributed by atoms with Gasteiger partial charge in [0.25, 0.3) is 5.91 Å². The summed E-state index contributed by atoms with van der Waals surface area (Å²) in [5, 5.41) is 13.7. The quantitative estimate of drug-likeness (QED) is 0.668. The summed E-state index contributed by atoms with van der Waals surface area (Å²) in [6, 6.07) is 14.5. The SMILES string of the molecule is C/C(=N/NC(=O)c1ccccc1O)c1ccc(C(C)C)cc1. The van der Waals surface area contributed by atoms with Crippen LogP contribution < -0.4 is 5.43 Å². The fourth-order valence-corrected chi connectivity index (χ4v) is 2.03. The Morgan fingerprint density at radius 1 is 1.09 bits per heavy atom. The fourth-order valence-electron chi connectivity index (χ4n) is 2.03. The summed E-state index contributed by atoms with van der Waals surface area (Å²) < 4.78 is 0. The standard InChI is InChI=1S/C18H20N2O2/c1-12(2)14-8-10-15(11-9-14)13(3)19-20-18(22)16-6-4-5-7-17(16)21/h4-12,21H,1-3H3,(H,20,22)/b19-13-. The maximum absolute atomic E-state index is 12.0. The maximum atomic E-state index is 12.0. The number of hydrogen-bond donors (Lipinski definition) is 2. The summed E-state index contributed by atoms with van der Waals surface area (Å²) in [5.41, 5.74) is 5.58. The number of para-hydroxylation sites is 1. The van der Waals surface area contributed by atoms with Gasteiger partial charge < -0.3 is 5.11 Å². The van der Waals surface area contributed by atoms with Gasteiger partial charge in [-0.25, -0.2) is 5.43 Å². The van der Waals surface area contributed by atoms with E-state index in [0.717, 1.165) is 5.56 Å². The third-order valence-corrected chi connectivity index (χ3v) is 3.47. The fraction of sp³-hybridized carbons (Fsp3) is 0.222. The molecule has 0 aliphatic rings. The Labute approximate surface area is 130 Å². The Kier molecular flexibility index (Phi) is 4.94. The molecule has 0 spiro atoms. The highest BCUT2D eigenvalue weighted by atomic mass is 16.3. The summed E-state index contributed by atoms with van der Waals surface area (Å²) in [7, 11) is 0. The second-order valence-electron chi connectivity index (χ2n) is 5.43.